The first-order chi connectivity index (χ1) is 17.1. The predicted molar refractivity (Wildman–Crippen MR) is 142 cm³/mol. The summed E-state index contributed by atoms with van der Waals surface area (Å²) in [4.78, 5) is 3.66. The highest BCUT2D eigenvalue weighted by Crippen LogP contribution is 2.43. The molecule has 6 rings (SSSR count). The molecule has 0 saturated heterocycles. The van der Waals surface area contributed by atoms with Crippen LogP contribution in [0.5, 0.6) is 0 Å². The van der Waals surface area contributed by atoms with Gasteiger partial charge in [0.15, 0.2) is 0 Å². The van der Waals surface area contributed by atoms with E-state index in [1.807, 2.05) is 23.7 Å². The molecule has 1 N–H and O–H groups in total. The highest BCUT2D eigenvalue weighted by molar-refractivity contribution is 6.02. The molecule has 6 aromatic rings. The number of fused-ring (bicyclic) bond motifs is 1. The highest BCUT2D eigenvalue weighted by Gasteiger charge is 2.24. The van der Waals surface area contributed by atoms with Gasteiger partial charge < -0.3 is 4.98 Å². The lowest BCUT2D eigenvalue weighted by molar-refractivity contribution is 0.890. The summed E-state index contributed by atoms with van der Waals surface area (Å²) in [6, 6.07) is 29.3. The van der Waals surface area contributed by atoms with Gasteiger partial charge in [-0.05, 0) is 44.0 Å². The number of aromatic amines is 1. The molecule has 0 aliphatic carbocycles. The molecule has 170 valence electrons. The van der Waals surface area contributed by atoms with Crippen molar-refractivity contribution in [1.82, 2.24) is 25.0 Å². The van der Waals surface area contributed by atoms with E-state index in [0.717, 1.165) is 61.6 Å². The monoisotopic (exact) mass is 455 g/mol. The maximum Gasteiger partial charge on any atom is 0.118 e. The van der Waals surface area contributed by atoms with E-state index >= 15 is 0 Å². The standard InChI is InChI=1S/C30H25N5/c1-19-14-16-24(17-15-19)35-18-25-28(34-35)21(3)32-33-30(25)26-20(2)31-29(23-12-8-5-9-13-23)27(26)22-10-6-4-7-11-22/h4-18,31H,1-3H3. The number of aromatic nitrogens is 5. The smallest absolute Gasteiger partial charge is 0.118 e. The Morgan fingerprint density at radius 3 is 2.03 bits per heavy atom. The van der Waals surface area contributed by atoms with Gasteiger partial charge in [-0.15, -0.1) is 5.10 Å². The zero-order chi connectivity index (χ0) is 23.9. The molecular weight excluding hydrogens is 430 g/mol. The van der Waals surface area contributed by atoms with Crippen LogP contribution in [0.25, 0.3) is 50.2 Å². The number of nitrogens with zero attached hydrogens (tertiary/aromatic N) is 4. The van der Waals surface area contributed by atoms with Gasteiger partial charge in [0, 0.05) is 23.0 Å². The van der Waals surface area contributed by atoms with Crippen LogP contribution in [0.1, 0.15) is 17.0 Å². The molecule has 3 aromatic carbocycles. The molecule has 0 unspecified atom stereocenters. The third-order valence-electron chi connectivity index (χ3n) is 6.46. The van der Waals surface area contributed by atoms with E-state index in [1.165, 1.54) is 5.56 Å². The third kappa shape index (κ3) is 3.62. The summed E-state index contributed by atoms with van der Waals surface area (Å²) in [5, 5.41) is 15.1. The minimum atomic E-state index is 0.812. The molecule has 0 saturated carbocycles. The second-order valence-electron chi connectivity index (χ2n) is 8.91. The highest BCUT2D eigenvalue weighted by atomic mass is 15.3. The molecule has 3 aromatic heterocycles. The van der Waals surface area contributed by atoms with Gasteiger partial charge in [0.1, 0.15) is 11.2 Å². The van der Waals surface area contributed by atoms with Crippen molar-refractivity contribution in [1.29, 1.82) is 0 Å². The average molecular weight is 456 g/mol. The maximum absolute atomic E-state index is 4.90. The van der Waals surface area contributed by atoms with Crippen LogP contribution >= 0.6 is 0 Å². The fraction of sp³-hybridized carbons (Fsp3) is 0.100. The molecule has 0 aliphatic heterocycles. The van der Waals surface area contributed by atoms with E-state index in [9.17, 15) is 0 Å². The van der Waals surface area contributed by atoms with Gasteiger partial charge in [0.2, 0.25) is 0 Å². The Hall–Kier alpha value is -4.51. The molecule has 0 bridgehead atoms. The first-order valence-corrected chi connectivity index (χ1v) is 11.7. The van der Waals surface area contributed by atoms with Gasteiger partial charge in [-0.25, -0.2) is 4.68 Å². The molecule has 3 heterocycles. The number of nitrogens with one attached hydrogen (secondary N) is 1. The van der Waals surface area contributed by atoms with Crippen LogP contribution in [0.15, 0.2) is 91.1 Å². The maximum atomic E-state index is 4.90. The summed E-state index contributed by atoms with van der Waals surface area (Å²) in [5.74, 6) is 0. The largest absolute Gasteiger partial charge is 0.358 e. The Balaban J connectivity index is 1.64. The second kappa shape index (κ2) is 8.37. The van der Waals surface area contributed by atoms with E-state index in [0.29, 0.717) is 0 Å². The van der Waals surface area contributed by atoms with E-state index in [2.05, 4.69) is 103 Å². The van der Waals surface area contributed by atoms with E-state index < -0.39 is 0 Å². The van der Waals surface area contributed by atoms with Crippen LogP contribution in [-0.4, -0.2) is 25.0 Å². The van der Waals surface area contributed by atoms with Crippen LogP contribution in [0, 0.1) is 20.8 Å². The molecule has 0 atom stereocenters. The summed E-state index contributed by atoms with van der Waals surface area (Å²) in [7, 11) is 0. The van der Waals surface area contributed by atoms with E-state index in [1.54, 1.807) is 0 Å². The van der Waals surface area contributed by atoms with Gasteiger partial charge in [-0.1, -0.05) is 78.4 Å². The van der Waals surface area contributed by atoms with E-state index in [4.69, 9.17) is 10.2 Å². The first kappa shape index (κ1) is 21.1. The summed E-state index contributed by atoms with van der Waals surface area (Å²) < 4.78 is 1.92. The minimum absolute atomic E-state index is 0.812. The Bertz CT molecular complexity index is 1640. The van der Waals surface area contributed by atoms with Crippen molar-refractivity contribution in [3.8, 4) is 39.3 Å². The first-order valence-electron chi connectivity index (χ1n) is 11.7. The second-order valence-corrected chi connectivity index (χ2v) is 8.91. The van der Waals surface area contributed by atoms with Crippen molar-refractivity contribution >= 4 is 10.9 Å². The topological polar surface area (TPSA) is 59.4 Å². The summed E-state index contributed by atoms with van der Waals surface area (Å²) in [5.41, 5.74) is 11.3. The van der Waals surface area contributed by atoms with Crippen LogP contribution in [0.2, 0.25) is 0 Å². The van der Waals surface area contributed by atoms with Crippen molar-refractivity contribution in [2.75, 3.05) is 0 Å². The lowest BCUT2D eigenvalue weighted by Gasteiger charge is -2.09. The van der Waals surface area contributed by atoms with Crippen molar-refractivity contribution in [3.63, 3.8) is 0 Å². The number of rotatable bonds is 4. The normalized spacial score (nSPS) is 11.3. The molecule has 0 aliphatic rings. The van der Waals surface area contributed by atoms with Crippen LogP contribution in [-0.2, 0) is 0 Å². The minimum Gasteiger partial charge on any atom is -0.358 e. The SMILES string of the molecule is Cc1ccc(-n2cc3c(-c4c(C)[nH]c(-c5ccccc5)c4-c4ccccc4)nnc(C)c3n2)cc1. The summed E-state index contributed by atoms with van der Waals surface area (Å²) >= 11 is 0. The zero-order valence-corrected chi connectivity index (χ0v) is 19.9. The van der Waals surface area contributed by atoms with Crippen molar-refractivity contribution in [3.05, 3.63) is 108 Å². The quantitative estimate of drug-likeness (QED) is 0.309. The van der Waals surface area contributed by atoms with Gasteiger partial charge in [0.25, 0.3) is 0 Å². The average Bonchev–Trinajstić information content (AvgIpc) is 3.49. The predicted octanol–water partition coefficient (Wildman–Crippen LogP) is 7.07. The molecule has 0 radical (unpaired) electrons. The van der Waals surface area contributed by atoms with Gasteiger partial charge >= 0.3 is 0 Å². The Kier molecular flexibility index (Phi) is 5.03. The number of hydrogen-bond acceptors (Lipinski definition) is 3. The van der Waals surface area contributed by atoms with Gasteiger partial charge in [-0.2, -0.15) is 10.2 Å². The number of benzene rings is 3. The lowest BCUT2D eigenvalue weighted by atomic mass is 9.94. The van der Waals surface area contributed by atoms with Crippen molar-refractivity contribution < 1.29 is 0 Å². The molecular formula is C30H25N5. The summed E-state index contributed by atoms with van der Waals surface area (Å²) in [6.45, 7) is 6.15. The Labute approximate surface area is 204 Å². The van der Waals surface area contributed by atoms with E-state index in [-0.39, 0.29) is 0 Å². The molecule has 5 nitrogen and oxygen atoms in total. The lowest BCUT2D eigenvalue weighted by Crippen LogP contribution is -1.95. The number of aryl methyl sites for hydroxylation is 3. The van der Waals surface area contributed by atoms with Crippen molar-refractivity contribution in [2.24, 2.45) is 0 Å². The summed E-state index contributed by atoms with van der Waals surface area (Å²) in [6.07, 6.45) is 2.07. The van der Waals surface area contributed by atoms with Gasteiger partial charge in [0.05, 0.1) is 22.5 Å². The molecule has 0 amide bonds. The van der Waals surface area contributed by atoms with Crippen LogP contribution < -0.4 is 0 Å². The Morgan fingerprint density at radius 2 is 1.34 bits per heavy atom. The molecule has 5 heteroatoms. The Morgan fingerprint density at radius 1 is 0.686 bits per heavy atom. The zero-order valence-electron chi connectivity index (χ0n) is 19.9. The fourth-order valence-corrected chi connectivity index (χ4v) is 4.69. The van der Waals surface area contributed by atoms with Crippen LogP contribution in [0.4, 0.5) is 0 Å². The fourth-order valence-electron chi connectivity index (χ4n) is 4.69. The molecule has 0 spiro atoms. The number of H-pyrrole nitrogens is 1. The molecule has 35 heavy (non-hydrogen) atoms. The van der Waals surface area contributed by atoms with Crippen molar-refractivity contribution in [2.45, 2.75) is 20.8 Å². The van der Waals surface area contributed by atoms with Crippen LogP contribution in [0.3, 0.4) is 0 Å². The number of hydrogen-bond donors (Lipinski definition) is 1. The van der Waals surface area contributed by atoms with Gasteiger partial charge in [-0.3, -0.25) is 0 Å². The third-order valence-corrected chi connectivity index (χ3v) is 6.46. The molecule has 0 fully saturated rings.